The normalized spacial score (nSPS) is 17.5. The van der Waals surface area contributed by atoms with Crippen molar-refractivity contribution in [1.82, 2.24) is 5.32 Å². The van der Waals surface area contributed by atoms with Gasteiger partial charge in [0.15, 0.2) is 0 Å². The van der Waals surface area contributed by atoms with Gasteiger partial charge in [-0.05, 0) is 37.1 Å². The summed E-state index contributed by atoms with van der Waals surface area (Å²) in [5, 5.41) is 5.52. The average Bonchev–Trinajstić information content (AvgIpc) is 3.02. The van der Waals surface area contributed by atoms with Gasteiger partial charge in [0.1, 0.15) is 6.10 Å². The molecule has 0 radical (unpaired) electrons. The third-order valence-electron chi connectivity index (χ3n) is 3.23. The molecular formula is C15H20N2O4. The number of rotatable bonds is 6. The minimum atomic E-state index is -0.359. The van der Waals surface area contributed by atoms with Gasteiger partial charge in [-0.1, -0.05) is 0 Å². The van der Waals surface area contributed by atoms with E-state index in [1.165, 1.54) is 0 Å². The van der Waals surface area contributed by atoms with Crippen molar-refractivity contribution in [3.63, 3.8) is 0 Å². The van der Waals surface area contributed by atoms with E-state index in [1.807, 2.05) is 0 Å². The molecule has 0 bridgehead atoms. The molecule has 6 heteroatoms. The van der Waals surface area contributed by atoms with Crippen molar-refractivity contribution in [3.05, 3.63) is 29.8 Å². The molecule has 2 N–H and O–H groups in total. The maximum Gasteiger partial charge on any atom is 0.253 e. The molecule has 1 aromatic rings. The third-order valence-corrected chi connectivity index (χ3v) is 3.23. The van der Waals surface area contributed by atoms with E-state index in [1.54, 1.807) is 31.4 Å². The summed E-state index contributed by atoms with van der Waals surface area (Å²) in [4.78, 5) is 23.7. The smallest absolute Gasteiger partial charge is 0.253 e. The van der Waals surface area contributed by atoms with Crippen LogP contribution in [0.25, 0.3) is 0 Å². The third kappa shape index (κ3) is 4.54. The SMILES string of the molecule is COCCNC(=O)c1ccc(NC(=O)C2CCCO2)cc1. The van der Waals surface area contributed by atoms with Gasteiger partial charge in [0.25, 0.3) is 11.8 Å². The number of benzene rings is 1. The second kappa shape index (κ2) is 7.75. The second-order valence-corrected chi connectivity index (χ2v) is 4.82. The highest BCUT2D eigenvalue weighted by molar-refractivity contribution is 5.96. The Labute approximate surface area is 123 Å². The zero-order valence-electron chi connectivity index (χ0n) is 12.1. The number of hydrogen-bond acceptors (Lipinski definition) is 4. The van der Waals surface area contributed by atoms with E-state index >= 15 is 0 Å². The van der Waals surface area contributed by atoms with E-state index in [9.17, 15) is 9.59 Å². The van der Waals surface area contributed by atoms with Crippen LogP contribution >= 0.6 is 0 Å². The minimum Gasteiger partial charge on any atom is -0.383 e. The number of anilines is 1. The Morgan fingerprint density at radius 1 is 1.33 bits per heavy atom. The van der Waals surface area contributed by atoms with E-state index in [4.69, 9.17) is 9.47 Å². The van der Waals surface area contributed by atoms with Gasteiger partial charge in [-0.2, -0.15) is 0 Å². The fourth-order valence-electron chi connectivity index (χ4n) is 2.08. The Morgan fingerprint density at radius 3 is 2.71 bits per heavy atom. The van der Waals surface area contributed by atoms with Crippen LogP contribution in [0.4, 0.5) is 5.69 Å². The van der Waals surface area contributed by atoms with E-state index < -0.39 is 0 Å². The van der Waals surface area contributed by atoms with E-state index in [-0.39, 0.29) is 17.9 Å². The molecule has 21 heavy (non-hydrogen) atoms. The summed E-state index contributed by atoms with van der Waals surface area (Å²) in [6, 6.07) is 6.76. The molecule has 1 aliphatic rings. The van der Waals surface area contributed by atoms with Gasteiger partial charge in [-0.3, -0.25) is 9.59 Å². The topological polar surface area (TPSA) is 76.7 Å². The Morgan fingerprint density at radius 2 is 2.10 bits per heavy atom. The van der Waals surface area contributed by atoms with Crippen molar-refractivity contribution in [3.8, 4) is 0 Å². The van der Waals surface area contributed by atoms with Crippen molar-refractivity contribution in [1.29, 1.82) is 0 Å². The summed E-state index contributed by atoms with van der Waals surface area (Å²) in [6.45, 7) is 1.58. The lowest BCUT2D eigenvalue weighted by Crippen LogP contribution is -2.27. The van der Waals surface area contributed by atoms with E-state index in [2.05, 4.69) is 10.6 Å². The van der Waals surface area contributed by atoms with Crippen LogP contribution < -0.4 is 10.6 Å². The molecule has 2 rings (SSSR count). The van der Waals surface area contributed by atoms with Gasteiger partial charge in [-0.25, -0.2) is 0 Å². The number of carbonyl (C=O) groups is 2. The summed E-state index contributed by atoms with van der Waals surface area (Å²) in [6.07, 6.45) is 1.31. The molecule has 1 aromatic carbocycles. The van der Waals surface area contributed by atoms with Crippen molar-refractivity contribution >= 4 is 17.5 Å². The zero-order chi connectivity index (χ0) is 15.1. The number of carbonyl (C=O) groups excluding carboxylic acids is 2. The highest BCUT2D eigenvalue weighted by Gasteiger charge is 2.23. The van der Waals surface area contributed by atoms with Gasteiger partial charge < -0.3 is 20.1 Å². The van der Waals surface area contributed by atoms with Gasteiger partial charge in [0, 0.05) is 31.5 Å². The summed E-state index contributed by atoms with van der Waals surface area (Å²) < 4.78 is 10.2. The molecule has 0 saturated carbocycles. The first-order valence-electron chi connectivity index (χ1n) is 7.00. The first-order valence-corrected chi connectivity index (χ1v) is 7.00. The minimum absolute atomic E-state index is 0.134. The van der Waals surface area contributed by atoms with Crippen molar-refractivity contribution in [2.75, 3.05) is 32.2 Å². The number of hydrogen-bond donors (Lipinski definition) is 2. The predicted octanol–water partition coefficient (Wildman–Crippen LogP) is 1.18. The molecule has 0 aromatic heterocycles. The maximum atomic E-state index is 11.9. The van der Waals surface area contributed by atoms with Crippen molar-refractivity contribution < 1.29 is 19.1 Å². The Hall–Kier alpha value is -1.92. The van der Waals surface area contributed by atoms with Gasteiger partial charge in [0.2, 0.25) is 0 Å². The quantitative estimate of drug-likeness (QED) is 0.772. The van der Waals surface area contributed by atoms with Crippen LogP contribution in [0.15, 0.2) is 24.3 Å². The second-order valence-electron chi connectivity index (χ2n) is 4.82. The number of methoxy groups -OCH3 is 1. The molecule has 1 aliphatic heterocycles. The molecule has 6 nitrogen and oxygen atoms in total. The highest BCUT2D eigenvalue weighted by Crippen LogP contribution is 2.15. The molecular weight excluding hydrogens is 272 g/mol. The van der Waals surface area contributed by atoms with E-state index in [0.717, 1.165) is 12.8 Å². The Bertz CT molecular complexity index is 481. The highest BCUT2D eigenvalue weighted by atomic mass is 16.5. The lowest BCUT2D eigenvalue weighted by atomic mass is 10.2. The average molecular weight is 292 g/mol. The fraction of sp³-hybridized carbons (Fsp3) is 0.467. The van der Waals surface area contributed by atoms with Crippen molar-refractivity contribution in [2.45, 2.75) is 18.9 Å². The summed E-state index contributed by atoms with van der Waals surface area (Å²) in [5.74, 6) is -0.297. The van der Waals surface area contributed by atoms with Crippen LogP contribution in [0.3, 0.4) is 0 Å². The first kappa shape index (κ1) is 15.5. The molecule has 1 fully saturated rings. The Kier molecular flexibility index (Phi) is 5.71. The number of ether oxygens (including phenoxy) is 2. The number of amides is 2. The van der Waals surface area contributed by atoms with Crippen molar-refractivity contribution in [2.24, 2.45) is 0 Å². The summed E-state index contributed by atoms with van der Waals surface area (Å²) in [7, 11) is 1.58. The van der Waals surface area contributed by atoms with Gasteiger partial charge in [-0.15, -0.1) is 0 Å². The lowest BCUT2D eigenvalue weighted by molar-refractivity contribution is -0.124. The van der Waals surface area contributed by atoms with Crippen LogP contribution in [-0.4, -0.2) is 44.8 Å². The molecule has 1 atom stereocenters. The Balaban J connectivity index is 1.86. The molecule has 1 saturated heterocycles. The molecule has 0 aliphatic carbocycles. The van der Waals surface area contributed by atoms with Gasteiger partial charge >= 0.3 is 0 Å². The molecule has 1 heterocycles. The summed E-state index contributed by atoms with van der Waals surface area (Å²) >= 11 is 0. The first-order chi connectivity index (χ1) is 10.2. The van der Waals surface area contributed by atoms with Crippen LogP contribution in [-0.2, 0) is 14.3 Å². The zero-order valence-corrected chi connectivity index (χ0v) is 12.1. The maximum absolute atomic E-state index is 11.9. The molecule has 114 valence electrons. The monoisotopic (exact) mass is 292 g/mol. The largest absolute Gasteiger partial charge is 0.383 e. The van der Waals surface area contributed by atoms with E-state index in [0.29, 0.717) is 31.0 Å². The summed E-state index contributed by atoms with van der Waals surface area (Å²) in [5.41, 5.74) is 1.20. The fourth-order valence-corrected chi connectivity index (χ4v) is 2.08. The van der Waals surface area contributed by atoms with Crippen LogP contribution in [0.2, 0.25) is 0 Å². The molecule has 0 spiro atoms. The standard InChI is InChI=1S/C15H20N2O4/c1-20-10-8-16-14(18)11-4-6-12(7-5-11)17-15(19)13-3-2-9-21-13/h4-7,13H,2-3,8-10H2,1H3,(H,16,18)(H,17,19). The lowest BCUT2D eigenvalue weighted by Gasteiger charge is -2.11. The van der Waals surface area contributed by atoms with Gasteiger partial charge in [0.05, 0.1) is 6.61 Å². The van der Waals surface area contributed by atoms with Crippen LogP contribution in [0, 0.1) is 0 Å². The van der Waals surface area contributed by atoms with Crippen LogP contribution in [0.1, 0.15) is 23.2 Å². The number of nitrogens with one attached hydrogen (secondary N) is 2. The molecule has 2 amide bonds. The molecule has 1 unspecified atom stereocenters. The van der Waals surface area contributed by atoms with Crippen LogP contribution in [0.5, 0.6) is 0 Å². The predicted molar refractivity (Wildman–Crippen MR) is 78.3 cm³/mol.